The van der Waals surface area contributed by atoms with E-state index in [4.69, 9.17) is 9.72 Å². The Labute approximate surface area is 184 Å². The van der Waals surface area contributed by atoms with E-state index in [0.717, 1.165) is 34.0 Å². The van der Waals surface area contributed by atoms with Crippen molar-refractivity contribution >= 4 is 17.1 Å². The van der Waals surface area contributed by atoms with Gasteiger partial charge in [-0.15, -0.1) is 11.3 Å². The van der Waals surface area contributed by atoms with Gasteiger partial charge in [0.05, 0.1) is 12.3 Å². The number of aryl methyl sites for hydroxylation is 3. The molecular weight excluding hydrogens is 390 g/mol. The standard InChI is InChI=1S/C24H25NO2S.C2H6/c1-16(26)18-7-9-20(10-8-18)24-25-23(17(2)28-24)13-14-27-22-12-11-19-5-3-4-6-21(19)15-22;1-2/h7-12,15H,3-6,13-14H2,1-2H3;1-2H3. The Morgan fingerprint density at radius 3 is 2.43 bits per heavy atom. The molecule has 0 aliphatic heterocycles. The molecule has 0 spiro atoms. The number of hydrogen-bond acceptors (Lipinski definition) is 4. The summed E-state index contributed by atoms with van der Waals surface area (Å²) in [4.78, 5) is 17.5. The molecule has 1 aliphatic carbocycles. The Bertz CT molecular complexity index is 989. The molecular formula is C26H31NO2S. The van der Waals surface area contributed by atoms with E-state index in [9.17, 15) is 4.79 Å². The summed E-state index contributed by atoms with van der Waals surface area (Å²) in [6, 6.07) is 14.2. The average molecular weight is 422 g/mol. The van der Waals surface area contributed by atoms with Crippen LogP contribution < -0.4 is 4.74 Å². The largest absolute Gasteiger partial charge is 0.493 e. The lowest BCUT2D eigenvalue weighted by Crippen LogP contribution is -2.05. The van der Waals surface area contributed by atoms with Gasteiger partial charge in [0.1, 0.15) is 10.8 Å². The number of ether oxygens (including phenoxy) is 1. The Balaban J connectivity index is 0.00000124. The molecule has 2 aromatic carbocycles. The van der Waals surface area contributed by atoms with Gasteiger partial charge in [-0.05, 0) is 62.8 Å². The number of carbonyl (C=O) groups is 1. The maximum Gasteiger partial charge on any atom is 0.159 e. The predicted octanol–water partition coefficient (Wildman–Crippen LogP) is 6.85. The molecule has 0 bridgehead atoms. The third-order valence-electron chi connectivity index (χ3n) is 5.36. The number of benzene rings is 2. The van der Waals surface area contributed by atoms with Crippen LogP contribution in [-0.2, 0) is 19.3 Å². The van der Waals surface area contributed by atoms with Gasteiger partial charge in [0.2, 0.25) is 0 Å². The molecule has 30 heavy (non-hydrogen) atoms. The van der Waals surface area contributed by atoms with Gasteiger partial charge in [0, 0.05) is 22.4 Å². The minimum Gasteiger partial charge on any atom is -0.493 e. The zero-order chi connectivity index (χ0) is 21.5. The molecule has 3 aromatic rings. The smallest absolute Gasteiger partial charge is 0.159 e. The number of Topliss-reactive ketones (excluding diaryl/α,β-unsaturated/α-hetero) is 1. The van der Waals surface area contributed by atoms with E-state index in [1.54, 1.807) is 18.3 Å². The lowest BCUT2D eigenvalue weighted by Gasteiger charge is -2.16. The first-order valence-corrected chi connectivity index (χ1v) is 11.7. The predicted molar refractivity (Wildman–Crippen MR) is 126 cm³/mol. The second-order valence-corrected chi connectivity index (χ2v) is 8.59. The second-order valence-electron chi connectivity index (χ2n) is 7.39. The third-order valence-corrected chi connectivity index (χ3v) is 6.42. The number of ketones is 1. The van der Waals surface area contributed by atoms with Gasteiger partial charge in [-0.1, -0.05) is 44.2 Å². The fourth-order valence-corrected chi connectivity index (χ4v) is 4.66. The van der Waals surface area contributed by atoms with Crippen LogP contribution in [0.5, 0.6) is 5.75 Å². The quantitative estimate of drug-likeness (QED) is 0.409. The summed E-state index contributed by atoms with van der Waals surface area (Å²) < 4.78 is 6.02. The van der Waals surface area contributed by atoms with E-state index in [1.165, 1.54) is 41.7 Å². The van der Waals surface area contributed by atoms with Crippen molar-refractivity contribution in [3.63, 3.8) is 0 Å². The molecule has 1 aliphatic rings. The summed E-state index contributed by atoms with van der Waals surface area (Å²) in [6.07, 6.45) is 5.75. The number of rotatable bonds is 6. The summed E-state index contributed by atoms with van der Waals surface area (Å²) in [6.45, 7) is 8.33. The Hall–Kier alpha value is -2.46. The maximum atomic E-state index is 11.4. The zero-order valence-corrected chi connectivity index (χ0v) is 19.3. The van der Waals surface area contributed by atoms with Crippen LogP contribution in [0.25, 0.3) is 10.6 Å². The lowest BCUT2D eigenvalue weighted by molar-refractivity contribution is 0.101. The monoisotopic (exact) mass is 421 g/mol. The number of aromatic nitrogens is 1. The summed E-state index contributed by atoms with van der Waals surface area (Å²) in [5.41, 5.74) is 5.81. The zero-order valence-electron chi connectivity index (χ0n) is 18.5. The summed E-state index contributed by atoms with van der Waals surface area (Å²) in [5, 5.41) is 0.997. The molecule has 0 fully saturated rings. The highest BCUT2D eigenvalue weighted by Gasteiger charge is 2.12. The highest BCUT2D eigenvalue weighted by molar-refractivity contribution is 7.15. The van der Waals surface area contributed by atoms with Crippen molar-refractivity contribution < 1.29 is 9.53 Å². The van der Waals surface area contributed by atoms with Gasteiger partial charge in [-0.3, -0.25) is 4.79 Å². The molecule has 0 saturated heterocycles. The Morgan fingerprint density at radius 1 is 1.03 bits per heavy atom. The summed E-state index contributed by atoms with van der Waals surface area (Å²) in [5.74, 6) is 1.05. The third kappa shape index (κ3) is 5.37. The Kier molecular flexibility index (Phi) is 7.81. The van der Waals surface area contributed by atoms with E-state index in [2.05, 4.69) is 25.1 Å². The molecule has 0 amide bonds. The summed E-state index contributed by atoms with van der Waals surface area (Å²) in [7, 11) is 0. The minimum atomic E-state index is 0.0851. The molecule has 158 valence electrons. The van der Waals surface area contributed by atoms with Crippen molar-refractivity contribution in [2.75, 3.05) is 6.61 Å². The van der Waals surface area contributed by atoms with Crippen LogP contribution in [0.4, 0.5) is 0 Å². The lowest BCUT2D eigenvalue weighted by atomic mass is 9.92. The van der Waals surface area contributed by atoms with Gasteiger partial charge in [-0.25, -0.2) is 4.98 Å². The number of carbonyl (C=O) groups excluding carboxylic acids is 1. The number of nitrogens with zero attached hydrogens (tertiary/aromatic N) is 1. The van der Waals surface area contributed by atoms with Crippen molar-refractivity contribution in [3.05, 3.63) is 69.7 Å². The van der Waals surface area contributed by atoms with Gasteiger partial charge in [0.15, 0.2) is 5.78 Å². The van der Waals surface area contributed by atoms with Crippen LogP contribution in [0.15, 0.2) is 42.5 Å². The van der Waals surface area contributed by atoms with Gasteiger partial charge in [-0.2, -0.15) is 0 Å². The fourth-order valence-electron chi connectivity index (χ4n) is 3.70. The van der Waals surface area contributed by atoms with E-state index in [-0.39, 0.29) is 5.78 Å². The van der Waals surface area contributed by atoms with Gasteiger partial charge >= 0.3 is 0 Å². The maximum absolute atomic E-state index is 11.4. The van der Waals surface area contributed by atoms with Gasteiger partial charge < -0.3 is 4.74 Å². The first kappa shape index (κ1) is 22.2. The molecule has 4 rings (SSSR count). The number of hydrogen-bond donors (Lipinski definition) is 0. The number of fused-ring (bicyclic) bond motifs is 1. The van der Waals surface area contributed by atoms with Crippen LogP contribution in [-0.4, -0.2) is 17.4 Å². The molecule has 0 saturated carbocycles. The van der Waals surface area contributed by atoms with E-state index in [1.807, 2.05) is 38.1 Å². The second kappa shape index (κ2) is 10.5. The topological polar surface area (TPSA) is 39.2 Å². The van der Waals surface area contributed by atoms with Crippen molar-refractivity contribution in [1.82, 2.24) is 4.98 Å². The minimum absolute atomic E-state index is 0.0851. The Morgan fingerprint density at radius 2 is 1.73 bits per heavy atom. The molecule has 1 heterocycles. The molecule has 0 radical (unpaired) electrons. The first-order chi connectivity index (χ1) is 14.6. The van der Waals surface area contributed by atoms with E-state index >= 15 is 0 Å². The number of thiazole rings is 1. The molecule has 3 nitrogen and oxygen atoms in total. The highest BCUT2D eigenvalue weighted by atomic mass is 32.1. The summed E-state index contributed by atoms with van der Waals surface area (Å²) >= 11 is 1.69. The molecule has 4 heteroatoms. The first-order valence-electron chi connectivity index (χ1n) is 10.9. The SMILES string of the molecule is CC.CC(=O)c1ccc(-c2nc(CCOc3ccc4c(c3)CCCC4)c(C)s2)cc1. The van der Waals surface area contributed by atoms with Crippen molar-refractivity contribution in [2.45, 2.75) is 59.8 Å². The molecule has 0 atom stereocenters. The van der Waals surface area contributed by atoms with Crippen molar-refractivity contribution in [2.24, 2.45) is 0 Å². The van der Waals surface area contributed by atoms with Gasteiger partial charge in [0.25, 0.3) is 0 Å². The molecule has 0 N–H and O–H groups in total. The van der Waals surface area contributed by atoms with Crippen LogP contribution in [0, 0.1) is 6.92 Å². The molecule has 1 aromatic heterocycles. The van der Waals surface area contributed by atoms with Crippen molar-refractivity contribution in [3.8, 4) is 16.3 Å². The van der Waals surface area contributed by atoms with Crippen molar-refractivity contribution in [1.29, 1.82) is 0 Å². The van der Waals surface area contributed by atoms with Crippen LogP contribution in [0.3, 0.4) is 0 Å². The van der Waals surface area contributed by atoms with E-state index < -0.39 is 0 Å². The van der Waals surface area contributed by atoms with Crippen LogP contribution in [0.2, 0.25) is 0 Å². The normalized spacial score (nSPS) is 12.5. The highest BCUT2D eigenvalue weighted by Crippen LogP contribution is 2.29. The average Bonchev–Trinajstić information content (AvgIpc) is 3.15. The van der Waals surface area contributed by atoms with Crippen LogP contribution in [0.1, 0.15) is 65.7 Å². The van der Waals surface area contributed by atoms with E-state index in [0.29, 0.717) is 6.61 Å². The fraction of sp³-hybridized carbons (Fsp3) is 0.385. The molecule has 0 unspecified atom stereocenters. The van der Waals surface area contributed by atoms with Crippen LogP contribution >= 0.6 is 11.3 Å².